The molecular weight excluding hydrogens is 270 g/mol. The van der Waals surface area contributed by atoms with Crippen LogP contribution in [0.2, 0.25) is 0 Å². The lowest BCUT2D eigenvalue weighted by Crippen LogP contribution is -2.59. The molecule has 0 saturated heterocycles. The summed E-state index contributed by atoms with van der Waals surface area (Å²) in [6, 6.07) is 10.1. The summed E-state index contributed by atoms with van der Waals surface area (Å²) in [6.45, 7) is 2.33. The van der Waals surface area contributed by atoms with Gasteiger partial charge in [0.2, 0.25) is 0 Å². The number of nitrogens with one attached hydrogen (secondary N) is 1. The second kappa shape index (κ2) is 9.00. The lowest BCUT2D eigenvalue weighted by atomic mass is 9.85. The van der Waals surface area contributed by atoms with Crippen molar-refractivity contribution in [3.63, 3.8) is 0 Å². The highest BCUT2D eigenvalue weighted by molar-refractivity contribution is 5.20. The Morgan fingerprint density at radius 1 is 1.05 bits per heavy atom. The molecule has 0 spiro atoms. The van der Waals surface area contributed by atoms with Crippen molar-refractivity contribution in [1.29, 1.82) is 0 Å². The predicted octanol–water partition coefficient (Wildman–Crippen LogP) is 1.47. The van der Waals surface area contributed by atoms with Gasteiger partial charge in [-0.15, -0.1) is 0 Å². The van der Waals surface area contributed by atoms with Crippen molar-refractivity contribution in [1.82, 2.24) is 5.32 Å². The van der Waals surface area contributed by atoms with Gasteiger partial charge in [-0.05, 0) is 25.6 Å². The van der Waals surface area contributed by atoms with E-state index < -0.39 is 0 Å². The fourth-order valence-electron chi connectivity index (χ4n) is 2.39. The zero-order valence-corrected chi connectivity index (χ0v) is 12.8. The molecule has 0 amide bonds. The molecular formula is C16H25NO4. The van der Waals surface area contributed by atoms with Gasteiger partial charge in [-0.2, -0.15) is 0 Å². The Kier molecular flexibility index (Phi) is 6.95. The number of para-hydroxylation sites is 1. The fourth-order valence-corrected chi connectivity index (χ4v) is 2.39. The van der Waals surface area contributed by atoms with E-state index in [0.717, 1.165) is 12.2 Å². The summed E-state index contributed by atoms with van der Waals surface area (Å²) in [5, 5.41) is 3.25. The molecule has 1 aromatic rings. The first-order valence-corrected chi connectivity index (χ1v) is 7.42. The molecule has 0 heterocycles. The Balaban J connectivity index is 1.63. The van der Waals surface area contributed by atoms with Crippen LogP contribution in [0.25, 0.3) is 0 Å². The first-order valence-electron chi connectivity index (χ1n) is 7.42. The van der Waals surface area contributed by atoms with Gasteiger partial charge in [-0.25, -0.2) is 0 Å². The molecule has 0 aliphatic heterocycles. The van der Waals surface area contributed by atoms with Gasteiger partial charge >= 0.3 is 0 Å². The third-order valence-electron chi connectivity index (χ3n) is 3.64. The van der Waals surface area contributed by atoms with Crippen LogP contribution in [0, 0.1) is 0 Å². The van der Waals surface area contributed by atoms with Gasteiger partial charge < -0.3 is 24.3 Å². The molecule has 2 rings (SSSR count). The SMILES string of the molecule is CNC1CC(OCCOc2ccccc2)C1OCCOC. The Morgan fingerprint density at radius 2 is 1.81 bits per heavy atom. The molecule has 1 aliphatic carbocycles. The summed E-state index contributed by atoms with van der Waals surface area (Å²) in [5.74, 6) is 0.871. The molecule has 0 bridgehead atoms. The monoisotopic (exact) mass is 295 g/mol. The largest absolute Gasteiger partial charge is 0.491 e. The highest BCUT2D eigenvalue weighted by Gasteiger charge is 2.41. The summed E-state index contributed by atoms with van der Waals surface area (Å²) in [6.07, 6.45) is 1.21. The van der Waals surface area contributed by atoms with Crippen molar-refractivity contribution in [3.05, 3.63) is 30.3 Å². The van der Waals surface area contributed by atoms with Gasteiger partial charge in [0.05, 0.1) is 32.0 Å². The van der Waals surface area contributed by atoms with Crippen molar-refractivity contribution >= 4 is 0 Å². The molecule has 1 N–H and O–H groups in total. The van der Waals surface area contributed by atoms with Crippen molar-refractivity contribution in [2.24, 2.45) is 0 Å². The summed E-state index contributed by atoms with van der Waals surface area (Å²) in [7, 11) is 3.63. The van der Waals surface area contributed by atoms with E-state index in [1.54, 1.807) is 7.11 Å². The number of hydrogen-bond acceptors (Lipinski definition) is 5. The standard InChI is InChI=1S/C16H25NO4/c1-17-14-12-15(16(14)21-9-8-18-2)20-11-10-19-13-6-4-3-5-7-13/h3-7,14-17H,8-12H2,1-2H3. The zero-order chi connectivity index (χ0) is 14.9. The van der Waals surface area contributed by atoms with E-state index in [0.29, 0.717) is 32.5 Å². The van der Waals surface area contributed by atoms with Crippen LogP contribution in [0.3, 0.4) is 0 Å². The maximum absolute atomic E-state index is 5.84. The average Bonchev–Trinajstić information content (AvgIpc) is 2.51. The fraction of sp³-hybridized carbons (Fsp3) is 0.625. The molecule has 3 unspecified atom stereocenters. The molecule has 21 heavy (non-hydrogen) atoms. The van der Waals surface area contributed by atoms with Crippen LogP contribution in [0.4, 0.5) is 0 Å². The Morgan fingerprint density at radius 3 is 2.52 bits per heavy atom. The molecule has 0 radical (unpaired) electrons. The van der Waals surface area contributed by atoms with E-state index in [1.165, 1.54) is 0 Å². The van der Waals surface area contributed by atoms with Crippen LogP contribution in [0.5, 0.6) is 5.75 Å². The zero-order valence-electron chi connectivity index (χ0n) is 12.8. The lowest BCUT2D eigenvalue weighted by Gasteiger charge is -2.43. The molecule has 1 aliphatic rings. The Bertz CT molecular complexity index is 387. The summed E-state index contributed by atoms with van der Waals surface area (Å²) >= 11 is 0. The second-order valence-corrected chi connectivity index (χ2v) is 5.03. The van der Waals surface area contributed by atoms with Crippen LogP contribution in [-0.2, 0) is 14.2 Å². The van der Waals surface area contributed by atoms with Crippen LogP contribution in [0.1, 0.15) is 6.42 Å². The van der Waals surface area contributed by atoms with Gasteiger partial charge in [0.1, 0.15) is 12.4 Å². The number of methoxy groups -OCH3 is 1. The summed E-state index contributed by atoms with van der Waals surface area (Å²) in [5.41, 5.74) is 0. The molecule has 5 nitrogen and oxygen atoms in total. The summed E-state index contributed by atoms with van der Waals surface area (Å²) < 4.78 is 22.3. The smallest absolute Gasteiger partial charge is 0.119 e. The van der Waals surface area contributed by atoms with E-state index in [2.05, 4.69) is 5.32 Å². The highest BCUT2D eigenvalue weighted by atomic mass is 16.6. The maximum atomic E-state index is 5.84. The van der Waals surface area contributed by atoms with Crippen molar-refractivity contribution in [2.45, 2.75) is 24.7 Å². The van der Waals surface area contributed by atoms with E-state index in [4.69, 9.17) is 18.9 Å². The molecule has 1 fully saturated rings. The van der Waals surface area contributed by atoms with E-state index in [9.17, 15) is 0 Å². The number of rotatable bonds is 10. The number of benzene rings is 1. The molecule has 3 atom stereocenters. The van der Waals surface area contributed by atoms with Gasteiger partial charge in [-0.3, -0.25) is 0 Å². The number of likely N-dealkylation sites (N-methyl/N-ethyl adjacent to an activating group) is 1. The quantitative estimate of drug-likeness (QED) is 0.663. The normalized spacial score (nSPS) is 24.6. The van der Waals surface area contributed by atoms with Crippen LogP contribution in [0.15, 0.2) is 30.3 Å². The number of ether oxygens (including phenoxy) is 4. The van der Waals surface area contributed by atoms with Crippen molar-refractivity contribution in [3.8, 4) is 5.75 Å². The van der Waals surface area contributed by atoms with Crippen LogP contribution >= 0.6 is 0 Å². The average molecular weight is 295 g/mol. The topological polar surface area (TPSA) is 49.0 Å². The first-order chi connectivity index (χ1) is 10.3. The molecule has 118 valence electrons. The van der Waals surface area contributed by atoms with Gasteiger partial charge in [-0.1, -0.05) is 18.2 Å². The van der Waals surface area contributed by atoms with Crippen molar-refractivity contribution in [2.75, 3.05) is 40.6 Å². The van der Waals surface area contributed by atoms with Gasteiger partial charge in [0, 0.05) is 13.2 Å². The minimum absolute atomic E-state index is 0.0990. The first kappa shape index (κ1) is 16.2. The van der Waals surface area contributed by atoms with E-state index >= 15 is 0 Å². The highest BCUT2D eigenvalue weighted by Crippen LogP contribution is 2.27. The lowest BCUT2D eigenvalue weighted by molar-refractivity contribution is -0.153. The summed E-state index contributed by atoms with van der Waals surface area (Å²) in [4.78, 5) is 0. The van der Waals surface area contributed by atoms with Crippen molar-refractivity contribution < 1.29 is 18.9 Å². The van der Waals surface area contributed by atoms with Gasteiger partial charge in [0.25, 0.3) is 0 Å². The molecule has 1 saturated carbocycles. The molecule has 1 aromatic carbocycles. The Labute approximate surface area is 126 Å². The third-order valence-corrected chi connectivity index (χ3v) is 3.64. The second-order valence-electron chi connectivity index (χ2n) is 5.03. The number of hydrogen-bond donors (Lipinski definition) is 1. The van der Waals surface area contributed by atoms with Crippen LogP contribution in [-0.4, -0.2) is 58.8 Å². The Hall–Kier alpha value is -1.14. The van der Waals surface area contributed by atoms with Gasteiger partial charge in [0.15, 0.2) is 0 Å². The van der Waals surface area contributed by atoms with Crippen LogP contribution < -0.4 is 10.1 Å². The third kappa shape index (κ3) is 4.97. The van der Waals surface area contributed by atoms with E-state index in [-0.39, 0.29) is 12.2 Å². The van der Waals surface area contributed by atoms with E-state index in [1.807, 2.05) is 37.4 Å². The minimum atomic E-state index is 0.0990. The molecule has 5 heteroatoms. The maximum Gasteiger partial charge on any atom is 0.119 e. The minimum Gasteiger partial charge on any atom is -0.491 e. The molecule has 0 aromatic heterocycles. The predicted molar refractivity (Wildman–Crippen MR) is 80.8 cm³/mol.